The van der Waals surface area contributed by atoms with Crippen LogP contribution in [0.1, 0.15) is 6.42 Å². The Hall–Kier alpha value is -1.09. The normalized spacial score (nSPS) is 17.0. The van der Waals surface area contributed by atoms with Gasteiger partial charge in [-0.3, -0.25) is 0 Å². The number of sulfonamides is 1. The minimum absolute atomic E-state index is 0.153. The smallest absolute Gasteiger partial charge is 0.246 e. The molecule has 0 aromatic heterocycles. The van der Waals surface area contributed by atoms with Gasteiger partial charge in [0.1, 0.15) is 11.6 Å². The third kappa shape index (κ3) is 4.44. The van der Waals surface area contributed by atoms with Crippen molar-refractivity contribution in [3.8, 4) is 0 Å². The van der Waals surface area contributed by atoms with Crippen LogP contribution in [0.3, 0.4) is 0 Å². The monoisotopic (exact) mass is 319 g/mol. The molecule has 1 fully saturated rings. The number of rotatable bonds is 6. The Balaban J connectivity index is 1.86. The van der Waals surface area contributed by atoms with Crippen LogP contribution in [0.15, 0.2) is 23.1 Å². The van der Waals surface area contributed by atoms with Crippen LogP contribution >= 0.6 is 0 Å². The highest BCUT2D eigenvalue weighted by atomic mass is 32.2. The lowest BCUT2D eigenvalue weighted by Gasteiger charge is -2.27. The lowest BCUT2D eigenvalue weighted by molar-refractivity contribution is 0.239. The predicted octanol–water partition coefficient (Wildman–Crippen LogP) is 0.538. The summed E-state index contributed by atoms with van der Waals surface area (Å²) in [7, 11) is -4.16. The molecule has 0 saturated carbocycles. The first kappa shape index (κ1) is 16.3. The van der Waals surface area contributed by atoms with Crippen LogP contribution in [0, 0.1) is 11.6 Å². The summed E-state index contributed by atoms with van der Waals surface area (Å²) in [6.45, 7) is 4.60. The van der Waals surface area contributed by atoms with Gasteiger partial charge < -0.3 is 10.2 Å². The highest BCUT2D eigenvalue weighted by Crippen LogP contribution is 2.17. The molecule has 2 rings (SSSR count). The van der Waals surface area contributed by atoms with E-state index >= 15 is 0 Å². The molecule has 8 heteroatoms. The second kappa shape index (κ2) is 7.26. The van der Waals surface area contributed by atoms with Gasteiger partial charge in [0.2, 0.25) is 10.0 Å². The van der Waals surface area contributed by atoms with Gasteiger partial charge in [0, 0.05) is 32.7 Å². The van der Waals surface area contributed by atoms with Crippen molar-refractivity contribution in [1.82, 2.24) is 14.9 Å². The predicted molar refractivity (Wildman–Crippen MR) is 75.5 cm³/mol. The summed E-state index contributed by atoms with van der Waals surface area (Å²) in [5.41, 5.74) is 0. The summed E-state index contributed by atoms with van der Waals surface area (Å²) < 4.78 is 53.0. The summed E-state index contributed by atoms with van der Waals surface area (Å²) in [4.78, 5) is 1.31. The molecule has 0 spiro atoms. The molecule has 0 aliphatic carbocycles. The molecule has 0 atom stereocenters. The van der Waals surface area contributed by atoms with E-state index in [9.17, 15) is 17.2 Å². The van der Waals surface area contributed by atoms with E-state index in [1.54, 1.807) is 0 Å². The lowest BCUT2D eigenvalue weighted by Crippen LogP contribution is -2.44. The van der Waals surface area contributed by atoms with Crippen molar-refractivity contribution in [2.45, 2.75) is 11.3 Å². The quantitative estimate of drug-likeness (QED) is 0.751. The van der Waals surface area contributed by atoms with Gasteiger partial charge in [-0.25, -0.2) is 21.9 Å². The van der Waals surface area contributed by atoms with Gasteiger partial charge in [-0.05, 0) is 25.1 Å². The van der Waals surface area contributed by atoms with E-state index in [4.69, 9.17) is 0 Å². The van der Waals surface area contributed by atoms with Gasteiger partial charge in [-0.15, -0.1) is 0 Å². The molecule has 21 heavy (non-hydrogen) atoms. The van der Waals surface area contributed by atoms with Gasteiger partial charge >= 0.3 is 0 Å². The first-order chi connectivity index (χ1) is 10.0. The second-order valence-electron chi connectivity index (χ2n) is 4.89. The van der Waals surface area contributed by atoms with E-state index in [-0.39, 0.29) is 6.54 Å². The first-order valence-electron chi connectivity index (χ1n) is 6.87. The molecule has 5 nitrogen and oxygen atoms in total. The van der Waals surface area contributed by atoms with Crippen molar-refractivity contribution in [2.75, 3.05) is 39.3 Å². The topological polar surface area (TPSA) is 61.4 Å². The molecule has 0 amide bonds. The second-order valence-corrected chi connectivity index (χ2v) is 6.60. The fourth-order valence-electron chi connectivity index (χ4n) is 2.26. The Labute approximate surface area is 123 Å². The van der Waals surface area contributed by atoms with Crippen molar-refractivity contribution >= 4 is 10.0 Å². The van der Waals surface area contributed by atoms with Crippen LogP contribution in [0.4, 0.5) is 8.78 Å². The Bertz CT molecular complexity index is 555. The molecule has 1 aromatic carbocycles. The number of nitrogens with one attached hydrogen (secondary N) is 2. The third-order valence-corrected chi connectivity index (χ3v) is 4.85. The summed E-state index contributed by atoms with van der Waals surface area (Å²) in [5.74, 6) is -2.16. The van der Waals surface area contributed by atoms with Crippen molar-refractivity contribution in [2.24, 2.45) is 0 Å². The molecule has 1 aliphatic rings. The van der Waals surface area contributed by atoms with E-state index in [0.29, 0.717) is 6.42 Å². The van der Waals surface area contributed by atoms with Crippen LogP contribution in [-0.4, -0.2) is 52.6 Å². The Morgan fingerprint density at radius 1 is 1.19 bits per heavy atom. The molecule has 0 radical (unpaired) electrons. The zero-order chi connectivity index (χ0) is 15.3. The van der Waals surface area contributed by atoms with E-state index < -0.39 is 26.6 Å². The molecule has 1 aliphatic heterocycles. The van der Waals surface area contributed by atoms with E-state index in [2.05, 4.69) is 14.9 Å². The maximum atomic E-state index is 13.5. The number of piperazine rings is 1. The van der Waals surface area contributed by atoms with Crippen LogP contribution in [0.25, 0.3) is 0 Å². The molecular formula is C13H19F2N3O2S. The van der Waals surface area contributed by atoms with Crippen molar-refractivity contribution in [1.29, 1.82) is 0 Å². The summed E-state index contributed by atoms with van der Waals surface area (Å²) in [6.07, 6.45) is 0.593. The molecule has 1 aromatic rings. The number of hydrogen-bond acceptors (Lipinski definition) is 4. The van der Waals surface area contributed by atoms with Crippen molar-refractivity contribution in [3.05, 3.63) is 29.8 Å². The fourth-order valence-corrected chi connectivity index (χ4v) is 3.46. The van der Waals surface area contributed by atoms with Crippen molar-refractivity contribution in [3.63, 3.8) is 0 Å². The number of benzene rings is 1. The van der Waals surface area contributed by atoms with Crippen LogP contribution in [0.2, 0.25) is 0 Å². The standard InChI is InChI=1S/C13H19F2N3O2S/c14-11-3-1-4-12(15)13(11)21(19,20)17-5-2-8-18-9-6-16-7-10-18/h1,3-4,16-17H,2,5-10H2. The van der Waals surface area contributed by atoms with Gasteiger partial charge in [0.05, 0.1) is 0 Å². The Morgan fingerprint density at radius 3 is 2.43 bits per heavy atom. The number of halogens is 2. The highest BCUT2D eigenvalue weighted by Gasteiger charge is 2.23. The summed E-state index contributed by atoms with van der Waals surface area (Å²) in [6, 6.07) is 2.99. The van der Waals surface area contributed by atoms with E-state index in [0.717, 1.165) is 50.9 Å². The minimum Gasteiger partial charge on any atom is -0.314 e. The van der Waals surface area contributed by atoms with Crippen LogP contribution in [-0.2, 0) is 10.0 Å². The lowest BCUT2D eigenvalue weighted by atomic mass is 10.3. The SMILES string of the molecule is O=S(=O)(NCCCN1CCNCC1)c1c(F)cccc1F. The van der Waals surface area contributed by atoms with Gasteiger partial charge in [0.25, 0.3) is 0 Å². The highest BCUT2D eigenvalue weighted by molar-refractivity contribution is 7.89. The molecule has 118 valence electrons. The van der Waals surface area contributed by atoms with Crippen LogP contribution < -0.4 is 10.0 Å². The summed E-state index contributed by atoms with van der Waals surface area (Å²) >= 11 is 0. The number of hydrogen-bond donors (Lipinski definition) is 2. The number of nitrogens with zero attached hydrogens (tertiary/aromatic N) is 1. The fraction of sp³-hybridized carbons (Fsp3) is 0.538. The van der Waals surface area contributed by atoms with Gasteiger partial charge in [0.15, 0.2) is 4.90 Å². The van der Waals surface area contributed by atoms with Crippen molar-refractivity contribution < 1.29 is 17.2 Å². The maximum Gasteiger partial charge on any atom is 0.246 e. The molecule has 0 bridgehead atoms. The Morgan fingerprint density at radius 2 is 1.81 bits per heavy atom. The molecule has 0 unspecified atom stereocenters. The summed E-state index contributed by atoms with van der Waals surface area (Å²) in [5, 5.41) is 3.23. The average Bonchev–Trinajstić information content (AvgIpc) is 2.44. The maximum absolute atomic E-state index is 13.5. The van der Waals surface area contributed by atoms with E-state index in [1.807, 2.05) is 0 Å². The third-order valence-electron chi connectivity index (χ3n) is 3.34. The molecule has 2 N–H and O–H groups in total. The van der Waals surface area contributed by atoms with Crippen LogP contribution in [0.5, 0.6) is 0 Å². The largest absolute Gasteiger partial charge is 0.314 e. The first-order valence-corrected chi connectivity index (χ1v) is 8.36. The molecular weight excluding hydrogens is 300 g/mol. The van der Waals surface area contributed by atoms with Gasteiger partial charge in [-0.2, -0.15) is 0 Å². The Kier molecular flexibility index (Phi) is 5.63. The zero-order valence-corrected chi connectivity index (χ0v) is 12.4. The minimum atomic E-state index is -4.16. The molecule has 1 heterocycles. The van der Waals surface area contributed by atoms with Gasteiger partial charge in [-0.1, -0.05) is 6.07 Å². The zero-order valence-electron chi connectivity index (χ0n) is 11.6. The van der Waals surface area contributed by atoms with E-state index in [1.165, 1.54) is 0 Å². The molecule has 1 saturated heterocycles. The average molecular weight is 319 g/mol.